The molecule has 0 saturated carbocycles. The summed E-state index contributed by atoms with van der Waals surface area (Å²) in [6.07, 6.45) is -1.34. The molecule has 0 atom stereocenters. The van der Waals surface area contributed by atoms with Crippen LogP contribution >= 0.6 is 0 Å². The number of pyridine rings is 1. The summed E-state index contributed by atoms with van der Waals surface area (Å²) >= 11 is 0. The van der Waals surface area contributed by atoms with E-state index in [-0.39, 0.29) is 11.4 Å². The minimum atomic E-state index is -4.46. The maximum Gasteiger partial charge on any atom is 0.417 e. The van der Waals surface area contributed by atoms with E-state index in [4.69, 9.17) is 0 Å². The molecule has 0 spiro atoms. The van der Waals surface area contributed by atoms with Crippen molar-refractivity contribution in [2.24, 2.45) is 19.2 Å². The molecule has 2 aromatic heterocycles. The zero-order valence-corrected chi connectivity index (χ0v) is 12.1. The fourth-order valence-electron chi connectivity index (χ4n) is 1.72. The Kier molecular flexibility index (Phi) is 4.34. The first-order valence-electron chi connectivity index (χ1n) is 6.29. The predicted molar refractivity (Wildman–Crippen MR) is 77.4 cm³/mol. The SMILES string of the molecule is Cn1cc(C=NNc2ccc(C(F)(F)F)cn2)c(=O)n(C)c1=O. The summed E-state index contributed by atoms with van der Waals surface area (Å²) in [5, 5.41) is 3.73. The van der Waals surface area contributed by atoms with Crippen LogP contribution < -0.4 is 16.7 Å². The molecule has 0 aliphatic carbocycles. The van der Waals surface area contributed by atoms with Crippen molar-refractivity contribution in [3.63, 3.8) is 0 Å². The van der Waals surface area contributed by atoms with Gasteiger partial charge in [0.2, 0.25) is 0 Å². The largest absolute Gasteiger partial charge is 0.417 e. The van der Waals surface area contributed by atoms with Crippen molar-refractivity contribution < 1.29 is 13.2 Å². The molecule has 0 bridgehead atoms. The number of nitrogens with one attached hydrogen (secondary N) is 1. The molecule has 23 heavy (non-hydrogen) atoms. The first kappa shape index (κ1) is 16.5. The van der Waals surface area contributed by atoms with Gasteiger partial charge >= 0.3 is 11.9 Å². The van der Waals surface area contributed by atoms with Gasteiger partial charge in [0.1, 0.15) is 5.82 Å². The first-order chi connectivity index (χ1) is 10.7. The summed E-state index contributed by atoms with van der Waals surface area (Å²) < 4.78 is 39.3. The second-order valence-electron chi connectivity index (χ2n) is 4.64. The van der Waals surface area contributed by atoms with E-state index < -0.39 is 23.0 Å². The highest BCUT2D eigenvalue weighted by Crippen LogP contribution is 2.28. The minimum Gasteiger partial charge on any atom is -0.303 e. The molecule has 2 heterocycles. The lowest BCUT2D eigenvalue weighted by atomic mass is 10.3. The Balaban J connectivity index is 2.17. The van der Waals surface area contributed by atoms with Crippen LogP contribution in [0.2, 0.25) is 0 Å². The average molecular weight is 327 g/mol. The van der Waals surface area contributed by atoms with Crippen molar-refractivity contribution >= 4 is 12.0 Å². The van der Waals surface area contributed by atoms with Crippen molar-refractivity contribution in [1.29, 1.82) is 0 Å². The normalized spacial score (nSPS) is 11.9. The Labute approximate surface area is 127 Å². The van der Waals surface area contributed by atoms with Crippen molar-refractivity contribution in [3.05, 3.63) is 56.5 Å². The van der Waals surface area contributed by atoms with Gasteiger partial charge < -0.3 is 4.57 Å². The summed E-state index contributed by atoms with van der Waals surface area (Å²) in [4.78, 5) is 26.9. The molecule has 0 aliphatic rings. The molecule has 0 unspecified atom stereocenters. The highest BCUT2D eigenvalue weighted by Gasteiger charge is 2.30. The monoisotopic (exact) mass is 327 g/mol. The molecule has 2 rings (SSSR count). The number of nitrogens with zero attached hydrogens (tertiary/aromatic N) is 4. The molecule has 2 aromatic rings. The Morgan fingerprint density at radius 2 is 1.96 bits per heavy atom. The van der Waals surface area contributed by atoms with E-state index in [0.29, 0.717) is 6.20 Å². The third-order valence-electron chi connectivity index (χ3n) is 2.95. The smallest absolute Gasteiger partial charge is 0.303 e. The molecular weight excluding hydrogens is 315 g/mol. The summed E-state index contributed by atoms with van der Waals surface area (Å²) in [5.41, 5.74) is 0.641. The van der Waals surface area contributed by atoms with E-state index in [0.717, 1.165) is 22.9 Å². The number of hydrogen-bond acceptors (Lipinski definition) is 5. The van der Waals surface area contributed by atoms with E-state index >= 15 is 0 Å². The van der Waals surface area contributed by atoms with Gasteiger partial charge in [-0.1, -0.05) is 0 Å². The molecular formula is C13H12F3N5O2. The number of anilines is 1. The number of hydrazone groups is 1. The molecule has 0 aliphatic heterocycles. The molecule has 0 radical (unpaired) electrons. The van der Waals surface area contributed by atoms with Gasteiger partial charge in [0.05, 0.1) is 17.3 Å². The van der Waals surface area contributed by atoms with Crippen LogP contribution in [-0.2, 0) is 20.3 Å². The van der Waals surface area contributed by atoms with Crippen LogP contribution in [0.25, 0.3) is 0 Å². The quantitative estimate of drug-likeness (QED) is 0.672. The average Bonchev–Trinajstić information content (AvgIpc) is 2.50. The Morgan fingerprint density at radius 1 is 1.26 bits per heavy atom. The predicted octanol–water partition coefficient (Wildman–Crippen LogP) is 0.944. The van der Waals surface area contributed by atoms with Crippen molar-refractivity contribution in [2.75, 3.05) is 5.43 Å². The van der Waals surface area contributed by atoms with Crippen LogP contribution in [-0.4, -0.2) is 20.3 Å². The van der Waals surface area contributed by atoms with Crippen molar-refractivity contribution in [2.45, 2.75) is 6.18 Å². The van der Waals surface area contributed by atoms with E-state index in [2.05, 4.69) is 15.5 Å². The van der Waals surface area contributed by atoms with Gasteiger partial charge in [-0.05, 0) is 12.1 Å². The molecule has 122 valence electrons. The zero-order chi connectivity index (χ0) is 17.2. The molecule has 0 fully saturated rings. The highest BCUT2D eigenvalue weighted by atomic mass is 19.4. The lowest BCUT2D eigenvalue weighted by Crippen LogP contribution is -2.38. The molecule has 0 amide bonds. The second-order valence-corrected chi connectivity index (χ2v) is 4.64. The minimum absolute atomic E-state index is 0.0795. The number of hydrogen-bond donors (Lipinski definition) is 1. The number of alkyl halides is 3. The zero-order valence-electron chi connectivity index (χ0n) is 12.1. The van der Waals surface area contributed by atoms with Crippen molar-refractivity contribution in [3.8, 4) is 0 Å². The third-order valence-corrected chi connectivity index (χ3v) is 2.95. The van der Waals surface area contributed by atoms with Crippen LogP contribution in [0, 0.1) is 0 Å². The van der Waals surface area contributed by atoms with Gasteiger partial charge in [-0.15, -0.1) is 0 Å². The number of halogens is 3. The summed E-state index contributed by atoms with van der Waals surface area (Å²) in [5.74, 6) is 0.0795. The Morgan fingerprint density at radius 3 is 2.52 bits per heavy atom. The third kappa shape index (κ3) is 3.65. The van der Waals surface area contributed by atoms with Crippen LogP contribution in [0.4, 0.5) is 19.0 Å². The van der Waals surface area contributed by atoms with Gasteiger partial charge in [0.25, 0.3) is 5.56 Å². The topological polar surface area (TPSA) is 81.3 Å². The van der Waals surface area contributed by atoms with Gasteiger partial charge in [-0.25, -0.2) is 9.78 Å². The molecule has 7 nitrogen and oxygen atoms in total. The lowest BCUT2D eigenvalue weighted by Gasteiger charge is -2.06. The molecule has 10 heteroatoms. The van der Waals surface area contributed by atoms with Crippen molar-refractivity contribution in [1.82, 2.24) is 14.1 Å². The van der Waals surface area contributed by atoms with Crippen LogP contribution in [0.1, 0.15) is 11.1 Å². The number of aryl methyl sites for hydroxylation is 1. The summed E-state index contributed by atoms with van der Waals surface area (Å²) in [6.45, 7) is 0. The van der Waals surface area contributed by atoms with Crippen LogP contribution in [0.5, 0.6) is 0 Å². The van der Waals surface area contributed by atoms with E-state index in [1.807, 2.05) is 0 Å². The summed E-state index contributed by atoms with van der Waals surface area (Å²) in [6, 6.07) is 1.97. The van der Waals surface area contributed by atoms with Gasteiger partial charge in [-0.3, -0.25) is 14.8 Å². The van der Waals surface area contributed by atoms with Crippen LogP contribution in [0.15, 0.2) is 39.2 Å². The van der Waals surface area contributed by atoms with E-state index in [9.17, 15) is 22.8 Å². The fraction of sp³-hybridized carbons (Fsp3) is 0.231. The number of aromatic nitrogens is 3. The Hall–Kier alpha value is -2.91. The maximum absolute atomic E-state index is 12.4. The van der Waals surface area contributed by atoms with E-state index in [1.165, 1.54) is 24.9 Å². The van der Waals surface area contributed by atoms with Gasteiger partial charge in [-0.2, -0.15) is 18.3 Å². The molecule has 1 N–H and O–H groups in total. The van der Waals surface area contributed by atoms with Crippen LogP contribution in [0.3, 0.4) is 0 Å². The highest BCUT2D eigenvalue weighted by molar-refractivity contribution is 5.79. The lowest BCUT2D eigenvalue weighted by molar-refractivity contribution is -0.137. The Bertz CT molecular complexity index is 850. The second kappa shape index (κ2) is 6.07. The fourth-order valence-corrected chi connectivity index (χ4v) is 1.72. The van der Waals surface area contributed by atoms with Gasteiger partial charge in [0, 0.05) is 26.5 Å². The van der Waals surface area contributed by atoms with E-state index in [1.54, 1.807) is 0 Å². The molecule has 0 saturated heterocycles. The maximum atomic E-state index is 12.4. The standard InChI is InChI=1S/C13H12F3N5O2/c1-20-7-8(11(22)21(2)12(20)23)5-18-19-10-4-3-9(6-17-10)13(14,15)16/h3-7H,1-2H3,(H,17,19). The number of rotatable bonds is 3. The first-order valence-corrected chi connectivity index (χ1v) is 6.29. The van der Waals surface area contributed by atoms with Gasteiger partial charge in [0.15, 0.2) is 0 Å². The molecule has 0 aromatic carbocycles. The summed E-state index contributed by atoms with van der Waals surface area (Å²) in [7, 11) is 2.80.